The normalized spacial score (nSPS) is 19.1. The standard InChI is InChI=1S/C12H21N3S/c1-3-15-6-4-11(5-7-15)13-9-12-14-8-10(2)16-12/h8,11,13H,3-7,9H2,1-2H3. The summed E-state index contributed by atoms with van der Waals surface area (Å²) in [6, 6.07) is 0.687. The van der Waals surface area contributed by atoms with Gasteiger partial charge in [0.2, 0.25) is 0 Å². The Hall–Kier alpha value is -0.450. The minimum absolute atomic E-state index is 0.687. The highest BCUT2D eigenvalue weighted by molar-refractivity contribution is 7.11. The predicted octanol–water partition coefficient (Wildman–Crippen LogP) is 2.03. The molecule has 0 bridgehead atoms. The van der Waals surface area contributed by atoms with E-state index in [2.05, 4.69) is 29.0 Å². The van der Waals surface area contributed by atoms with E-state index in [9.17, 15) is 0 Å². The number of piperidine rings is 1. The van der Waals surface area contributed by atoms with Crippen LogP contribution in [0.25, 0.3) is 0 Å². The van der Waals surface area contributed by atoms with Gasteiger partial charge < -0.3 is 10.2 Å². The van der Waals surface area contributed by atoms with Gasteiger partial charge in [-0.15, -0.1) is 11.3 Å². The molecule has 4 heteroatoms. The molecule has 90 valence electrons. The van der Waals surface area contributed by atoms with Crippen LogP contribution in [0.2, 0.25) is 0 Å². The molecule has 1 aromatic heterocycles. The Balaban J connectivity index is 1.71. The number of aryl methyl sites for hydroxylation is 1. The Kier molecular flexibility index (Phi) is 4.32. The Morgan fingerprint density at radius 3 is 2.81 bits per heavy atom. The van der Waals surface area contributed by atoms with E-state index in [0.717, 1.165) is 6.54 Å². The van der Waals surface area contributed by atoms with Gasteiger partial charge in [-0.25, -0.2) is 4.98 Å². The van der Waals surface area contributed by atoms with Gasteiger partial charge in [-0.05, 0) is 39.4 Å². The lowest BCUT2D eigenvalue weighted by Gasteiger charge is -2.31. The summed E-state index contributed by atoms with van der Waals surface area (Å²) < 4.78 is 0. The van der Waals surface area contributed by atoms with Gasteiger partial charge in [0.15, 0.2) is 0 Å². The van der Waals surface area contributed by atoms with E-state index in [4.69, 9.17) is 0 Å². The number of hydrogen-bond acceptors (Lipinski definition) is 4. The highest BCUT2D eigenvalue weighted by atomic mass is 32.1. The predicted molar refractivity (Wildman–Crippen MR) is 68.8 cm³/mol. The SMILES string of the molecule is CCN1CCC(NCc2ncc(C)s2)CC1. The molecule has 0 saturated carbocycles. The van der Waals surface area contributed by atoms with Crippen molar-refractivity contribution in [3.63, 3.8) is 0 Å². The van der Waals surface area contributed by atoms with Crippen LogP contribution >= 0.6 is 11.3 Å². The summed E-state index contributed by atoms with van der Waals surface area (Å²) in [5.41, 5.74) is 0. The van der Waals surface area contributed by atoms with E-state index in [1.807, 2.05) is 6.20 Å². The fraction of sp³-hybridized carbons (Fsp3) is 0.750. The molecule has 1 N–H and O–H groups in total. The summed E-state index contributed by atoms with van der Waals surface area (Å²) >= 11 is 1.80. The number of nitrogens with one attached hydrogen (secondary N) is 1. The molecule has 3 nitrogen and oxygen atoms in total. The molecular weight excluding hydrogens is 218 g/mol. The number of likely N-dealkylation sites (tertiary alicyclic amines) is 1. The summed E-state index contributed by atoms with van der Waals surface area (Å²) in [6.07, 6.45) is 4.51. The number of nitrogens with zero attached hydrogens (tertiary/aromatic N) is 2. The summed E-state index contributed by atoms with van der Waals surface area (Å²) in [6.45, 7) is 8.97. The van der Waals surface area contributed by atoms with Crippen LogP contribution in [0, 0.1) is 6.92 Å². The molecule has 1 aliphatic heterocycles. The second kappa shape index (κ2) is 5.75. The van der Waals surface area contributed by atoms with Crippen molar-refractivity contribution in [3.05, 3.63) is 16.1 Å². The molecule has 0 aromatic carbocycles. The molecule has 0 aliphatic carbocycles. The minimum Gasteiger partial charge on any atom is -0.308 e. The second-order valence-corrected chi connectivity index (χ2v) is 5.77. The summed E-state index contributed by atoms with van der Waals surface area (Å²) in [4.78, 5) is 8.20. The van der Waals surface area contributed by atoms with Gasteiger partial charge in [0, 0.05) is 23.7 Å². The maximum absolute atomic E-state index is 4.38. The van der Waals surface area contributed by atoms with E-state index in [1.165, 1.54) is 42.4 Å². The Morgan fingerprint density at radius 1 is 1.50 bits per heavy atom. The Bertz CT molecular complexity index is 316. The van der Waals surface area contributed by atoms with Gasteiger partial charge in [0.05, 0.1) is 0 Å². The van der Waals surface area contributed by atoms with Gasteiger partial charge >= 0.3 is 0 Å². The van der Waals surface area contributed by atoms with Crippen LogP contribution in [0.15, 0.2) is 6.20 Å². The van der Waals surface area contributed by atoms with Gasteiger partial charge in [0.25, 0.3) is 0 Å². The van der Waals surface area contributed by atoms with Crippen LogP contribution in [0.1, 0.15) is 29.7 Å². The molecule has 2 heterocycles. The van der Waals surface area contributed by atoms with Crippen molar-refractivity contribution in [1.29, 1.82) is 0 Å². The van der Waals surface area contributed by atoms with Crippen LogP contribution in [0.4, 0.5) is 0 Å². The lowest BCUT2D eigenvalue weighted by Crippen LogP contribution is -2.42. The fourth-order valence-corrected chi connectivity index (χ4v) is 2.91. The third kappa shape index (κ3) is 3.27. The Labute approximate surface area is 102 Å². The first kappa shape index (κ1) is 12.0. The average molecular weight is 239 g/mol. The van der Waals surface area contributed by atoms with Crippen LogP contribution in [-0.4, -0.2) is 35.6 Å². The van der Waals surface area contributed by atoms with Gasteiger partial charge in [0.1, 0.15) is 5.01 Å². The van der Waals surface area contributed by atoms with Crippen molar-refractivity contribution in [2.75, 3.05) is 19.6 Å². The third-order valence-electron chi connectivity index (χ3n) is 3.25. The summed E-state index contributed by atoms with van der Waals surface area (Å²) in [5.74, 6) is 0. The average Bonchev–Trinajstić information content (AvgIpc) is 2.73. The first-order valence-electron chi connectivity index (χ1n) is 6.15. The molecule has 0 radical (unpaired) electrons. The van der Waals surface area contributed by atoms with E-state index in [1.54, 1.807) is 11.3 Å². The van der Waals surface area contributed by atoms with E-state index >= 15 is 0 Å². The maximum atomic E-state index is 4.38. The monoisotopic (exact) mass is 239 g/mol. The van der Waals surface area contributed by atoms with E-state index in [-0.39, 0.29) is 0 Å². The van der Waals surface area contributed by atoms with Gasteiger partial charge in [-0.3, -0.25) is 0 Å². The topological polar surface area (TPSA) is 28.2 Å². The largest absolute Gasteiger partial charge is 0.308 e. The lowest BCUT2D eigenvalue weighted by molar-refractivity contribution is 0.206. The second-order valence-electron chi connectivity index (χ2n) is 4.45. The zero-order valence-corrected chi connectivity index (χ0v) is 11.0. The first-order valence-corrected chi connectivity index (χ1v) is 6.96. The first-order chi connectivity index (χ1) is 7.78. The zero-order chi connectivity index (χ0) is 11.4. The molecule has 0 spiro atoms. The van der Waals surface area contributed by atoms with Crippen molar-refractivity contribution in [1.82, 2.24) is 15.2 Å². The van der Waals surface area contributed by atoms with Crippen molar-refractivity contribution in [2.24, 2.45) is 0 Å². The molecule has 1 aromatic rings. The van der Waals surface area contributed by atoms with Crippen LogP contribution in [0.3, 0.4) is 0 Å². The van der Waals surface area contributed by atoms with Crippen molar-refractivity contribution < 1.29 is 0 Å². The molecule has 1 fully saturated rings. The van der Waals surface area contributed by atoms with E-state index in [0.29, 0.717) is 6.04 Å². The smallest absolute Gasteiger partial charge is 0.107 e. The summed E-state index contributed by atoms with van der Waals surface area (Å²) in [7, 11) is 0. The quantitative estimate of drug-likeness (QED) is 0.871. The zero-order valence-electron chi connectivity index (χ0n) is 10.2. The molecule has 2 rings (SSSR count). The minimum atomic E-state index is 0.687. The number of aromatic nitrogens is 1. The van der Waals surface area contributed by atoms with Crippen LogP contribution in [-0.2, 0) is 6.54 Å². The fourth-order valence-electron chi connectivity index (χ4n) is 2.17. The molecule has 1 aliphatic rings. The number of rotatable bonds is 4. The molecule has 1 saturated heterocycles. The van der Waals surface area contributed by atoms with Crippen molar-refractivity contribution in [3.8, 4) is 0 Å². The molecule has 0 atom stereocenters. The Morgan fingerprint density at radius 2 is 2.25 bits per heavy atom. The van der Waals surface area contributed by atoms with Crippen molar-refractivity contribution in [2.45, 2.75) is 39.3 Å². The highest BCUT2D eigenvalue weighted by Gasteiger charge is 2.17. The van der Waals surface area contributed by atoms with Crippen molar-refractivity contribution >= 4 is 11.3 Å². The lowest BCUT2D eigenvalue weighted by atomic mass is 10.1. The van der Waals surface area contributed by atoms with Gasteiger partial charge in [-0.1, -0.05) is 6.92 Å². The number of hydrogen-bond donors (Lipinski definition) is 1. The molecule has 16 heavy (non-hydrogen) atoms. The maximum Gasteiger partial charge on any atom is 0.107 e. The third-order valence-corrected chi connectivity index (χ3v) is 4.16. The molecule has 0 amide bonds. The highest BCUT2D eigenvalue weighted by Crippen LogP contribution is 2.13. The summed E-state index contributed by atoms with van der Waals surface area (Å²) in [5, 5.41) is 4.84. The van der Waals surface area contributed by atoms with E-state index < -0.39 is 0 Å². The van der Waals surface area contributed by atoms with Crippen LogP contribution < -0.4 is 5.32 Å². The number of thiazole rings is 1. The van der Waals surface area contributed by atoms with Crippen LogP contribution in [0.5, 0.6) is 0 Å². The molecular formula is C12H21N3S. The molecule has 0 unspecified atom stereocenters. The van der Waals surface area contributed by atoms with Gasteiger partial charge in [-0.2, -0.15) is 0 Å².